The minimum atomic E-state index is -3.79. The number of hydrogen-bond acceptors (Lipinski definition) is 4. The van der Waals surface area contributed by atoms with Crippen molar-refractivity contribution in [2.24, 2.45) is 0 Å². The molecule has 124 valence electrons. The van der Waals surface area contributed by atoms with E-state index in [0.717, 1.165) is 0 Å². The minimum absolute atomic E-state index is 0.0946. The molecule has 5 nitrogen and oxygen atoms in total. The molecule has 2 N–H and O–H groups in total. The van der Waals surface area contributed by atoms with Crippen molar-refractivity contribution in [1.82, 2.24) is 4.72 Å². The number of nitrogens with one attached hydrogen (secondary N) is 2. The Morgan fingerprint density at radius 3 is 2.25 bits per heavy atom. The Bertz CT molecular complexity index is 887. The maximum atomic E-state index is 12.2. The second kappa shape index (κ2) is 7.81. The number of benzene rings is 2. The molecule has 0 aromatic heterocycles. The van der Waals surface area contributed by atoms with Gasteiger partial charge in [-0.2, -0.15) is 5.26 Å². The first kappa shape index (κ1) is 18.5. The van der Waals surface area contributed by atoms with Gasteiger partial charge in [0.15, 0.2) is 5.11 Å². The van der Waals surface area contributed by atoms with Gasteiger partial charge in [0.05, 0.1) is 17.4 Å². The summed E-state index contributed by atoms with van der Waals surface area (Å²) in [4.78, 5) is 0. The van der Waals surface area contributed by atoms with Crippen LogP contribution in [-0.4, -0.2) is 13.5 Å². The lowest BCUT2D eigenvalue weighted by Crippen LogP contribution is -2.35. The number of hydrogen-bond donors (Lipinski definition) is 2. The fourth-order valence-corrected chi connectivity index (χ4v) is 4.11. The van der Waals surface area contributed by atoms with E-state index in [1.807, 2.05) is 6.07 Å². The summed E-state index contributed by atoms with van der Waals surface area (Å²) in [6, 6.07) is 13.1. The van der Waals surface area contributed by atoms with Crippen LogP contribution >= 0.6 is 35.4 Å². The molecule has 0 saturated carbocycles. The van der Waals surface area contributed by atoms with Crippen molar-refractivity contribution < 1.29 is 8.42 Å². The first-order valence-corrected chi connectivity index (χ1v) is 9.37. The van der Waals surface area contributed by atoms with E-state index in [0.29, 0.717) is 16.8 Å². The van der Waals surface area contributed by atoms with Crippen molar-refractivity contribution in [3.05, 3.63) is 63.6 Å². The maximum Gasteiger partial charge on any atom is 0.238 e. The van der Waals surface area contributed by atoms with E-state index in [-0.39, 0.29) is 15.2 Å². The van der Waals surface area contributed by atoms with Crippen LogP contribution in [0.4, 0.5) is 5.69 Å². The normalized spacial score (nSPS) is 10.7. The van der Waals surface area contributed by atoms with Crippen LogP contribution in [0.1, 0.15) is 11.1 Å². The van der Waals surface area contributed by atoms with Gasteiger partial charge in [0.25, 0.3) is 0 Å². The number of nitriles is 1. The first-order chi connectivity index (χ1) is 11.3. The van der Waals surface area contributed by atoms with E-state index in [4.69, 9.17) is 40.7 Å². The van der Waals surface area contributed by atoms with E-state index in [9.17, 15) is 8.42 Å². The predicted octanol–water partition coefficient (Wildman–Crippen LogP) is 3.68. The van der Waals surface area contributed by atoms with Crippen LogP contribution in [-0.2, 0) is 15.8 Å². The standard InChI is InChI=1S/C15H11Cl2N3O2S2/c16-13-2-1-3-14(17)12(13)9-24(21,22)20-15(23)19-11-6-4-10(8-18)5-7-11/h1-7H,9H2,(H2,19,20,23). The zero-order valence-electron chi connectivity index (χ0n) is 12.1. The first-order valence-electron chi connectivity index (χ1n) is 6.55. The van der Waals surface area contributed by atoms with E-state index in [1.54, 1.807) is 42.5 Å². The van der Waals surface area contributed by atoms with Gasteiger partial charge < -0.3 is 5.32 Å². The Balaban J connectivity index is 2.05. The lowest BCUT2D eigenvalue weighted by atomic mass is 10.2. The van der Waals surface area contributed by atoms with Crippen LogP contribution in [0.15, 0.2) is 42.5 Å². The summed E-state index contributed by atoms with van der Waals surface area (Å²) in [6.45, 7) is 0. The van der Waals surface area contributed by atoms with Crippen LogP contribution < -0.4 is 10.0 Å². The fourth-order valence-electron chi connectivity index (χ4n) is 1.82. The lowest BCUT2D eigenvalue weighted by molar-refractivity contribution is 0.592. The molecular formula is C15H11Cl2N3O2S2. The smallest absolute Gasteiger partial charge is 0.238 e. The third-order valence-corrected chi connectivity index (χ3v) is 5.14. The zero-order chi connectivity index (χ0) is 17.7. The van der Waals surface area contributed by atoms with Crippen LogP contribution in [0.2, 0.25) is 10.0 Å². The van der Waals surface area contributed by atoms with Crippen molar-refractivity contribution in [2.45, 2.75) is 5.75 Å². The van der Waals surface area contributed by atoms with Gasteiger partial charge in [0, 0.05) is 21.3 Å². The Hall–Kier alpha value is -1.85. The molecule has 0 radical (unpaired) electrons. The summed E-state index contributed by atoms with van der Waals surface area (Å²) in [5.74, 6) is -0.402. The fraction of sp³-hybridized carbons (Fsp3) is 0.0667. The van der Waals surface area contributed by atoms with Crippen molar-refractivity contribution in [3.63, 3.8) is 0 Å². The molecule has 9 heteroatoms. The van der Waals surface area contributed by atoms with Gasteiger partial charge in [-0.05, 0) is 48.6 Å². The summed E-state index contributed by atoms with van der Waals surface area (Å²) >= 11 is 17.0. The largest absolute Gasteiger partial charge is 0.332 e. The number of anilines is 1. The van der Waals surface area contributed by atoms with E-state index in [2.05, 4.69) is 10.0 Å². The quantitative estimate of drug-likeness (QED) is 0.766. The van der Waals surface area contributed by atoms with Crippen LogP contribution in [0.5, 0.6) is 0 Å². The Labute approximate surface area is 155 Å². The molecule has 0 fully saturated rings. The van der Waals surface area contributed by atoms with Gasteiger partial charge in [0.2, 0.25) is 10.0 Å². The molecule has 2 rings (SSSR count). The molecule has 2 aromatic carbocycles. The minimum Gasteiger partial charge on any atom is -0.332 e. The number of halogens is 2. The monoisotopic (exact) mass is 399 g/mol. The summed E-state index contributed by atoms with van der Waals surface area (Å²) < 4.78 is 26.7. The highest BCUT2D eigenvalue weighted by Gasteiger charge is 2.17. The van der Waals surface area contributed by atoms with E-state index >= 15 is 0 Å². The average Bonchev–Trinajstić information content (AvgIpc) is 2.51. The highest BCUT2D eigenvalue weighted by Crippen LogP contribution is 2.25. The molecule has 0 amide bonds. The molecular weight excluding hydrogens is 389 g/mol. The molecule has 0 spiro atoms. The molecule has 0 aliphatic heterocycles. The average molecular weight is 400 g/mol. The zero-order valence-corrected chi connectivity index (χ0v) is 15.2. The Kier molecular flexibility index (Phi) is 6.02. The summed E-state index contributed by atoms with van der Waals surface area (Å²) in [6.07, 6.45) is 0. The Morgan fingerprint density at radius 1 is 1.12 bits per heavy atom. The topological polar surface area (TPSA) is 82.0 Å². The molecule has 0 heterocycles. The van der Waals surface area contributed by atoms with Crippen molar-refractivity contribution in [1.29, 1.82) is 5.26 Å². The van der Waals surface area contributed by atoms with Crippen molar-refractivity contribution >= 4 is 56.2 Å². The Morgan fingerprint density at radius 2 is 1.71 bits per heavy atom. The SMILES string of the molecule is N#Cc1ccc(NC(=S)NS(=O)(=O)Cc2c(Cl)cccc2Cl)cc1. The third kappa shape index (κ3) is 5.08. The summed E-state index contributed by atoms with van der Waals surface area (Å²) in [5, 5.41) is 11.9. The second-order valence-electron chi connectivity index (χ2n) is 4.70. The number of rotatable bonds is 4. The second-order valence-corrected chi connectivity index (χ2v) is 7.65. The number of sulfonamides is 1. The van der Waals surface area contributed by atoms with Gasteiger partial charge >= 0.3 is 0 Å². The van der Waals surface area contributed by atoms with E-state index < -0.39 is 15.8 Å². The van der Waals surface area contributed by atoms with Crippen molar-refractivity contribution in [2.75, 3.05) is 5.32 Å². The molecule has 0 unspecified atom stereocenters. The van der Waals surface area contributed by atoms with Gasteiger partial charge in [-0.15, -0.1) is 0 Å². The predicted molar refractivity (Wildman–Crippen MR) is 99.6 cm³/mol. The maximum absolute atomic E-state index is 12.2. The third-order valence-electron chi connectivity index (χ3n) is 2.92. The number of thiocarbonyl (C=S) groups is 1. The molecule has 0 saturated heterocycles. The highest BCUT2D eigenvalue weighted by molar-refractivity contribution is 7.91. The van der Waals surface area contributed by atoms with Gasteiger partial charge in [-0.1, -0.05) is 29.3 Å². The van der Waals surface area contributed by atoms with Crippen LogP contribution in [0.25, 0.3) is 0 Å². The lowest BCUT2D eigenvalue weighted by Gasteiger charge is -2.12. The van der Waals surface area contributed by atoms with Crippen LogP contribution in [0, 0.1) is 11.3 Å². The molecule has 0 aliphatic carbocycles. The van der Waals surface area contributed by atoms with Gasteiger partial charge in [-0.25, -0.2) is 8.42 Å². The molecule has 24 heavy (non-hydrogen) atoms. The van der Waals surface area contributed by atoms with Gasteiger partial charge in [-0.3, -0.25) is 4.72 Å². The van der Waals surface area contributed by atoms with Gasteiger partial charge in [0.1, 0.15) is 0 Å². The molecule has 0 aliphatic rings. The van der Waals surface area contributed by atoms with Crippen LogP contribution in [0.3, 0.4) is 0 Å². The van der Waals surface area contributed by atoms with Crippen molar-refractivity contribution in [3.8, 4) is 6.07 Å². The highest BCUT2D eigenvalue weighted by atomic mass is 35.5. The molecule has 0 bridgehead atoms. The molecule has 2 aromatic rings. The van der Waals surface area contributed by atoms with E-state index in [1.165, 1.54) is 0 Å². The summed E-state index contributed by atoms with van der Waals surface area (Å²) in [7, 11) is -3.79. The number of nitrogens with zero attached hydrogens (tertiary/aromatic N) is 1. The summed E-state index contributed by atoms with van der Waals surface area (Å²) in [5.41, 5.74) is 1.34. The molecule has 0 atom stereocenters.